The summed E-state index contributed by atoms with van der Waals surface area (Å²) in [5.74, 6) is 0.118. The first-order chi connectivity index (χ1) is 7.66. The van der Waals surface area contributed by atoms with E-state index in [0.717, 1.165) is 19.6 Å². The molecule has 2 amide bonds. The molecule has 0 saturated carbocycles. The van der Waals surface area contributed by atoms with Gasteiger partial charge in [-0.2, -0.15) is 0 Å². The Balaban J connectivity index is 1.84. The van der Waals surface area contributed by atoms with E-state index in [1.54, 1.807) is 0 Å². The molecular formula is C11H18N2O3. The van der Waals surface area contributed by atoms with Crippen LogP contribution in [0.3, 0.4) is 0 Å². The van der Waals surface area contributed by atoms with Gasteiger partial charge < -0.3 is 10.1 Å². The van der Waals surface area contributed by atoms with Gasteiger partial charge >= 0.3 is 0 Å². The van der Waals surface area contributed by atoms with E-state index < -0.39 is 0 Å². The molecule has 2 rings (SSSR count). The van der Waals surface area contributed by atoms with E-state index in [0.29, 0.717) is 18.8 Å². The highest BCUT2D eigenvalue weighted by molar-refractivity contribution is 6.00. The summed E-state index contributed by atoms with van der Waals surface area (Å²) in [4.78, 5) is 22.5. The van der Waals surface area contributed by atoms with Crippen molar-refractivity contribution < 1.29 is 14.3 Å². The summed E-state index contributed by atoms with van der Waals surface area (Å²) in [7, 11) is 0. The van der Waals surface area contributed by atoms with Gasteiger partial charge in [0.05, 0.1) is 12.6 Å². The molecule has 0 spiro atoms. The number of carbonyl (C=O) groups is 2. The third kappa shape index (κ3) is 2.59. The van der Waals surface area contributed by atoms with Gasteiger partial charge in [0, 0.05) is 19.1 Å². The number of nitrogens with one attached hydrogen (secondary N) is 2. The Bertz CT molecular complexity index is 287. The minimum atomic E-state index is -0.228. The lowest BCUT2D eigenvalue weighted by atomic mass is 9.98. The molecule has 2 saturated heterocycles. The maximum atomic E-state index is 11.5. The van der Waals surface area contributed by atoms with Crippen LogP contribution in [0.1, 0.15) is 26.2 Å². The van der Waals surface area contributed by atoms with Crippen LogP contribution in [-0.2, 0) is 14.3 Å². The van der Waals surface area contributed by atoms with Crippen LogP contribution in [0.4, 0.5) is 0 Å². The molecule has 5 heteroatoms. The fourth-order valence-electron chi connectivity index (χ4n) is 2.25. The van der Waals surface area contributed by atoms with Gasteiger partial charge in [-0.05, 0) is 25.7 Å². The number of piperidine rings is 1. The second-order valence-electron chi connectivity index (χ2n) is 4.58. The average molecular weight is 226 g/mol. The Hall–Kier alpha value is -0.940. The van der Waals surface area contributed by atoms with Crippen LogP contribution in [0.2, 0.25) is 0 Å². The predicted molar refractivity (Wildman–Crippen MR) is 57.7 cm³/mol. The summed E-state index contributed by atoms with van der Waals surface area (Å²) < 4.78 is 5.32. The largest absolute Gasteiger partial charge is 0.381 e. The quantitative estimate of drug-likeness (QED) is 0.654. The number of hydrogen-bond acceptors (Lipinski definition) is 4. The van der Waals surface area contributed by atoms with Crippen LogP contribution in [0.25, 0.3) is 0 Å². The first-order valence-electron chi connectivity index (χ1n) is 5.84. The van der Waals surface area contributed by atoms with Gasteiger partial charge in [0.1, 0.15) is 0 Å². The third-order valence-electron chi connectivity index (χ3n) is 3.38. The monoisotopic (exact) mass is 226 g/mol. The van der Waals surface area contributed by atoms with E-state index >= 15 is 0 Å². The molecule has 2 aliphatic heterocycles. The fourth-order valence-corrected chi connectivity index (χ4v) is 2.25. The van der Waals surface area contributed by atoms with Crippen molar-refractivity contribution in [1.82, 2.24) is 10.6 Å². The number of hydrogen-bond donors (Lipinski definition) is 2. The van der Waals surface area contributed by atoms with E-state index in [4.69, 9.17) is 4.74 Å². The zero-order valence-electron chi connectivity index (χ0n) is 9.49. The molecule has 0 aromatic heterocycles. The van der Waals surface area contributed by atoms with Crippen molar-refractivity contribution in [2.75, 3.05) is 13.2 Å². The molecule has 0 aliphatic carbocycles. The van der Waals surface area contributed by atoms with Crippen molar-refractivity contribution in [1.29, 1.82) is 0 Å². The topological polar surface area (TPSA) is 67.4 Å². The highest BCUT2D eigenvalue weighted by Gasteiger charge is 2.30. The molecule has 0 aromatic rings. The van der Waals surface area contributed by atoms with Gasteiger partial charge in [-0.1, -0.05) is 0 Å². The van der Waals surface area contributed by atoms with Gasteiger partial charge in [-0.25, -0.2) is 0 Å². The van der Waals surface area contributed by atoms with Crippen LogP contribution in [0, 0.1) is 5.92 Å². The molecule has 3 atom stereocenters. The summed E-state index contributed by atoms with van der Waals surface area (Å²) in [6, 6.07) is 0.0275. The highest BCUT2D eigenvalue weighted by Crippen LogP contribution is 2.17. The molecule has 2 aliphatic rings. The van der Waals surface area contributed by atoms with Crippen molar-refractivity contribution in [3.05, 3.63) is 0 Å². The SMILES string of the molecule is CC(NC1CCC(=O)NC1=O)C1CCOC1. The second-order valence-corrected chi connectivity index (χ2v) is 4.58. The highest BCUT2D eigenvalue weighted by atomic mass is 16.5. The molecule has 16 heavy (non-hydrogen) atoms. The molecule has 3 unspecified atom stereocenters. The number of ether oxygens (including phenoxy) is 1. The molecule has 2 N–H and O–H groups in total. The second kappa shape index (κ2) is 4.93. The molecule has 90 valence electrons. The van der Waals surface area contributed by atoms with Gasteiger partial charge in [0.25, 0.3) is 0 Å². The van der Waals surface area contributed by atoms with Crippen LogP contribution >= 0.6 is 0 Å². The summed E-state index contributed by atoms with van der Waals surface area (Å²) in [6.45, 7) is 3.65. The van der Waals surface area contributed by atoms with Crippen LogP contribution < -0.4 is 10.6 Å². The summed E-state index contributed by atoms with van der Waals surface area (Å²) in [6.07, 6.45) is 2.07. The molecular weight excluding hydrogens is 208 g/mol. The van der Waals surface area contributed by atoms with Gasteiger partial charge in [-0.3, -0.25) is 14.9 Å². The van der Waals surface area contributed by atoms with Crippen LogP contribution in [-0.4, -0.2) is 37.1 Å². The van der Waals surface area contributed by atoms with E-state index in [-0.39, 0.29) is 23.9 Å². The minimum absolute atomic E-state index is 0.167. The predicted octanol–water partition coefficient (Wildman–Crippen LogP) is -0.194. The first-order valence-corrected chi connectivity index (χ1v) is 5.84. The summed E-state index contributed by atoms with van der Waals surface area (Å²) in [5.41, 5.74) is 0. The van der Waals surface area contributed by atoms with E-state index in [1.807, 2.05) is 0 Å². The van der Waals surface area contributed by atoms with Gasteiger partial charge in [-0.15, -0.1) is 0 Å². The van der Waals surface area contributed by atoms with E-state index in [1.165, 1.54) is 0 Å². The fraction of sp³-hybridized carbons (Fsp3) is 0.818. The number of amides is 2. The Kier molecular flexibility index (Phi) is 3.56. The molecule has 0 aromatic carbocycles. The zero-order valence-corrected chi connectivity index (χ0v) is 9.49. The minimum Gasteiger partial charge on any atom is -0.381 e. The van der Waals surface area contributed by atoms with Crippen LogP contribution in [0.5, 0.6) is 0 Å². The molecule has 2 heterocycles. The zero-order chi connectivity index (χ0) is 11.5. The smallest absolute Gasteiger partial charge is 0.243 e. The normalized spacial score (nSPS) is 32.6. The average Bonchev–Trinajstić information content (AvgIpc) is 2.75. The van der Waals surface area contributed by atoms with Crippen molar-refractivity contribution in [2.45, 2.75) is 38.3 Å². The maximum Gasteiger partial charge on any atom is 0.243 e. The summed E-state index contributed by atoms with van der Waals surface area (Å²) in [5, 5.41) is 5.64. The molecule has 2 fully saturated rings. The van der Waals surface area contributed by atoms with Gasteiger partial charge in [0.15, 0.2) is 0 Å². The lowest BCUT2D eigenvalue weighted by molar-refractivity contribution is -0.134. The standard InChI is InChI=1S/C11H18N2O3/c1-7(8-4-5-16-6-8)12-9-2-3-10(14)13-11(9)15/h7-9,12H,2-6H2,1H3,(H,13,14,15). The van der Waals surface area contributed by atoms with Crippen molar-refractivity contribution in [3.8, 4) is 0 Å². The lowest BCUT2D eigenvalue weighted by Crippen LogP contribution is -2.54. The first kappa shape index (κ1) is 11.5. The molecule has 0 radical (unpaired) electrons. The number of rotatable bonds is 3. The van der Waals surface area contributed by atoms with E-state index in [2.05, 4.69) is 17.6 Å². The Morgan fingerprint density at radius 2 is 2.25 bits per heavy atom. The van der Waals surface area contributed by atoms with E-state index in [9.17, 15) is 9.59 Å². The van der Waals surface area contributed by atoms with Crippen molar-refractivity contribution in [3.63, 3.8) is 0 Å². The number of imide groups is 1. The Morgan fingerprint density at radius 3 is 2.88 bits per heavy atom. The molecule has 5 nitrogen and oxygen atoms in total. The third-order valence-corrected chi connectivity index (χ3v) is 3.38. The van der Waals surface area contributed by atoms with Gasteiger partial charge in [0.2, 0.25) is 11.8 Å². The Morgan fingerprint density at radius 1 is 1.44 bits per heavy atom. The Labute approximate surface area is 94.9 Å². The number of carbonyl (C=O) groups excluding carboxylic acids is 2. The maximum absolute atomic E-state index is 11.5. The lowest BCUT2D eigenvalue weighted by Gasteiger charge is -2.27. The molecule has 0 bridgehead atoms. The van der Waals surface area contributed by atoms with Crippen molar-refractivity contribution in [2.24, 2.45) is 5.92 Å². The summed E-state index contributed by atoms with van der Waals surface area (Å²) >= 11 is 0. The van der Waals surface area contributed by atoms with Crippen LogP contribution in [0.15, 0.2) is 0 Å². The van der Waals surface area contributed by atoms with Crippen molar-refractivity contribution >= 4 is 11.8 Å².